The zero-order chi connectivity index (χ0) is 18.3. The molecular formula is C19H30N2O3S. The number of hydrogen-bond acceptors (Lipinski definition) is 3. The number of piperidine rings is 1. The van der Waals surface area contributed by atoms with E-state index in [2.05, 4.69) is 6.92 Å². The molecule has 0 unspecified atom stereocenters. The van der Waals surface area contributed by atoms with Crippen molar-refractivity contribution in [2.45, 2.75) is 39.0 Å². The molecule has 6 heteroatoms. The molecule has 0 aromatic heterocycles. The van der Waals surface area contributed by atoms with Crippen molar-refractivity contribution in [1.82, 2.24) is 9.21 Å². The van der Waals surface area contributed by atoms with Gasteiger partial charge >= 0.3 is 0 Å². The number of sulfonamides is 1. The van der Waals surface area contributed by atoms with Crippen molar-refractivity contribution < 1.29 is 13.2 Å². The summed E-state index contributed by atoms with van der Waals surface area (Å²) in [6.07, 6.45) is 5.17. The summed E-state index contributed by atoms with van der Waals surface area (Å²) in [6.45, 7) is 4.54. The van der Waals surface area contributed by atoms with Crippen LogP contribution in [0.5, 0.6) is 0 Å². The van der Waals surface area contributed by atoms with E-state index in [0.717, 1.165) is 38.8 Å². The standard InChI is InChI=1S/C19H30N2O3S/c1-17-10-14-20(15-11-17)19(22)12-16-21(25(2,23)24)13-6-9-18-7-4-3-5-8-18/h3-5,7-8,17H,6,9-16H2,1-2H3. The number of carbonyl (C=O) groups excluding carboxylic acids is 1. The lowest BCUT2D eigenvalue weighted by Gasteiger charge is -2.31. The van der Waals surface area contributed by atoms with Gasteiger partial charge in [-0.25, -0.2) is 12.7 Å². The number of carbonyl (C=O) groups is 1. The van der Waals surface area contributed by atoms with Crippen molar-refractivity contribution in [3.05, 3.63) is 35.9 Å². The third-order valence-corrected chi connectivity index (χ3v) is 6.20. The molecule has 1 heterocycles. The van der Waals surface area contributed by atoms with Gasteiger partial charge in [-0.3, -0.25) is 4.79 Å². The van der Waals surface area contributed by atoms with Gasteiger partial charge in [-0.15, -0.1) is 0 Å². The average Bonchev–Trinajstić information content (AvgIpc) is 2.58. The average molecular weight is 367 g/mol. The normalized spacial score (nSPS) is 16.4. The Balaban J connectivity index is 1.80. The summed E-state index contributed by atoms with van der Waals surface area (Å²) >= 11 is 0. The van der Waals surface area contributed by atoms with Crippen molar-refractivity contribution in [3.63, 3.8) is 0 Å². The minimum absolute atomic E-state index is 0.0728. The highest BCUT2D eigenvalue weighted by Gasteiger charge is 2.22. The van der Waals surface area contributed by atoms with Crippen LogP contribution in [0, 0.1) is 5.92 Å². The molecule has 0 bridgehead atoms. The molecule has 1 aromatic rings. The first-order valence-corrected chi connectivity index (χ1v) is 11.0. The summed E-state index contributed by atoms with van der Waals surface area (Å²) in [5.74, 6) is 0.748. The second-order valence-corrected chi connectivity index (χ2v) is 9.05. The second kappa shape index (κ2) is 9.34. The van der Waals surface area contributed by atoms with Gasteiger partial charge in [0.25, 0.3) is 0 Å². The van der Waals surface area contributed by atoms with Crippen molar-refractivity contribution in [1.29, 1.82) is 0 Å². The highest BCUT2D eigenvalue weighted by atomic mass is 32.2. The Morgan fingerprint density at radius 1 is 1.16 bits per heavy atom. The van der Waals surface area contributed by atoms with Crippen LogP contribution in [0.1, 0.15) is 38.2 Å². The molecule has 0 N–H and O–H groups in total. The Morgan fingerprint density at radius 2 is 1.80 bits per heavy atom. The second-order valence-electron chi connectivity index (χ2n) is 7.06. The number of aryl methyl sites for hydroxylation is 1. The fraction of sp³-hybridized carbons (Fsp3) is 0.632. The van der Waals surface area contributed by atoms with E-state index in [9.17, 15) is 13.2 Å². The largest absolute Gasteiger partial charge is 0.343 e. The van der Waals surface area contributed by atoms with Crippen LogP contribution in [0.15, 0.2) is 30.3 Å². The molecule has 1 aliphatic heterocycles. The van der Waals surface area contributed by atoms with Crippen molar-refractivity contribution in [2.75, 3.05) is 32.4 Å². The van der Waals surface area contributed by atoms with E-state index in [0.29, 0.717) is 12.5 Å². The topological polar surface area (TPSA) is 57.7 Å². The van der Waals surface area contributed by atoms with Gasteiger partial charge < -0.3 is 4.90 Å². The lowest BCUT2D eigenvalue weighted by atomic mass is 9.99. The number of benzene rings is 1. The monoisotopic (exact) mass is 366 g/mol. The Hall–Kier alpha value is -1.40. The van der Waals surface area contributed by atoms with Crippen LogP contribution in [-0.2, 0) is 21.2 Å². The van der Waals surface area contributed by atoms with Gasteiger partial charge in [-0.2, -0.15) is 0 Å². The highest BCUT2D eigenvalue weighted by molar-refractivity contribution is 7.88. The predicted molar refractivity (Wildman–Crippen MR) is 101 cm³/mol. The molecule has 1 fully saturated rings. The number of hydrogen-bond donors (Lipinski definition) is 0. The molecule has 1 aliphatic rings. The van der Waals surface area contributed by atoms with Crippen LogP contribution >= 0.6 is 0 Å². The molecule has 0 radical (unpaired) electrons. The van der Waals surface area contributed by atoms with E-state index in [1.165, 1.54) is 16.1 Å². The van der Waals surface area contributed by atoms with Crippen LogP contribution in [0.3, 0.4) is 0 Å². The maximum Gasteiger partial charge on any atom is 0.223 e. The minimum Gasteiger partial charge on any atom is -0.343 e. The summed E-state index contributed by atoms with van der Waals surface area (Å²) < 4.78 is 25.5. The van der Waals surface area contributed by atoms with Crippen LogP contribution in [0.25, 0.3) is 0 Å². The smallest absolute Gasteiger partial charge is 0.223 e. The first-order valence-electron chi connectivity index (χ1n) is 9.13. The summed E-state index contributed by atoms with van der Waals surface area (Å²) in [7, 11) is -3.29. The fourth-order valence-corrected chi connectivity index (χ4v) is 4.07. The van der Waals surface area contributed by atoms with Gasteiger partial charge in [-0.1, -0.05) is 37.3 Å². The van der Waals surface area contributed by atoms with Crippen molar-refractivity contribution in [2.24, 2.45) is 5.92 Å². The van der Waals surface area contributed by atoms with Crippen LogP contribution < -0.4 is 0 Å². The molecule has 0 atom stereocenters. The lowest BCUT2D eigenvalue weighted by Crippen LogP contribution is -2.40. The highest BCUT2D eigenvalue weighted by Crippen LogP contribution is 2.17. The lowest BCUT2D eigenvalue weighted by molar-refractivity contribution is -0.132. The number of rotatable bonds is 8. The van der Waals surface area contributed by atoms with E-state index < -0.39 is 10.0 Å². The van der Waals surface area contributed by atoms with Crippen LogP contribution in [-0.4, -0.2) is 56.0 Å². The molecule has 1 saturated heterocycles. The molecule has 25 heavy (non-hydrogen) atoms. The Bertz CT molecular complexity index is 638. The first kappa shape index (κ1) is 19.9. The van der Waals surface area contributed by atoms with E-state index >= 15 is 0 Å². The molecular weight excluding hydrogens is 336 g/mol. The van der Waals surface area contributed by atoms with Gasteiger partial charge in [0, 0.05) is 32.6 Å². The third-order valence-electron chi connectivity index (χ3n) is 4.90. The summed E-state index contributed by atoms with van der Waals surface area (Å²) in [5.41, 5.74) is 1.20. The maximum atomic E-state index is 12.3. The Labute approximate surface area is 152 Å². The predicted octanol–water partition coefficient (Wildman–Crippen LogP) is 2.53. The SMILES string of the molecule is CC1CCN(C(=O)CCN(CCCc2ccccc2)S(C)(=O)=O)CC1. The Kier molecular flexibility index (Phi) is 7.44. The van der Waals surface area contributed by atoms with Crippen LogP contribution in [0.4, 0.5) is 0 Å². The first-order chi connectivity index (χ1) is 11.9. The number of amides is 1. The molecule has 1 aromatic carbocycles. The van der Waals surface area contributed by atoms with Gasteiger partial charge in [0.2, 0.25) is 15.9 Å². The minimum atomic E-state index is -3.29. The molecule has 0 aliphatic carbocycles. The molecule has 0 spiro atoms. The van der Waals surface area contributed by atoms with Gasteiger partial charge in [0.15, 0.2) is 0 Å². The Morgan fingerprint density at radius 3 is 2.40 bits per heavy atom. The summed E-state index contributed by atoms with van der Waals surface area (Å²) in [6, 6.07) is 10.0. The van der Waals surface area contributed by atoms with Gasteiger partial charge in [0.1, 0.15) is 0 Å². The van der Waals surface area contributed by atoms with Crippen molar-refractivity contribution >= 4 is 15.9 Å². The van der Waals surface area contributed by atoms with E-state index in [1.807, 2.05) is 35.2 Å². The molecule has 0 saturated carbocycles. The molecule has 1 amide bonds. The van der Waals surface area contributed by atoms with E-state index in [1.54, 1.807) is 0 Å². The van der Waals surface area contributed by atoms with Gasteiger partial charge in [-0.05, 0) is 37.2 Å². The molecule has 5 nitrogen and oxygen atoms in total. The van der Waals surface area contributed by atoms with Crippen molar-refractivity contribution in [3.8, 4) is 0 Å². The fourth-order valence-electron chi connectivity index (χ4n) is 3.18. The summed E-state index contributed by atoms with van der Waals surface area (Å²) in [5, 5.41) is 0. The van der Waals surface area contributed by atoms with Gasteiger partial charge in [0.05, 0.1) is 6.26 Å². The maximum absolute atomic E-state index is 12.3. The number of likely N-dealkylation sites (tertiary alicyclic amines) is 1. The molecule has 2 rings (SSSR count). The van der Waals surface area contributed by atoms with E-state index in [-0.39, 0.29) is 18.9 Å². The zero-order valence-electron chi connectivity index (χ0n) is 15.4. The number of nitrogens with zero attached hydrogens (tertiary/aromatic N) is 2. The zero-order valence-corrected chi connectivity index (χ0v) is 16.2. The van der Waals surface area contributed by atoms with E-state index in [4.69, 9.17) is 0 Å². The van der Waals surface area contributed by atoms with Crippen LogP contribution in [0.2, 0.25) is 0 Å². The molecule has 140 valence electrons. The third kappa shape index (κ3) is 6.78. The quantitative estimate of drug-likeness (QED) is 0.710. The summed E-state index contributed by atoms with van der Waals surface area (Å²) in [4.78, 5) is 14.2.